The van der Waals surface area contributed by atoms with E-state index in [1.165, 1.54) is 13.2 Å². The summed E-state index contributed by atoms with van der Waals surface area (Å²) in [5.74, 6) is -0.338. The summed E-state index contributed by atoms with van der Waals surface area (Å²) in [6.07, 6.45) is 0.598. The summed E-state index contributed by atoms with van der Waals surface area (Å²) in [5.41, 5.74) is 1.24. The highest BCUT2D eigenvalue weighted by molar-refractivity contribution is 9.10. The number of esters is 1. The maximum Gasteiger partial charge on any atom is 0.305 e. The number of carbonyl (C=O) groups excluding carboxylic acids is 1. The molecule has 1 rings (SSSR count). The zero-order chi connectivity index (χ0) is 14.6. The molecular weight excluding hydrogens is 316 g/mol. The van der Waals surface area contributed by atoms with Gasteiger partial charge in [-0.3, -0.25) is 14.9 Å². The van der Waals surface area contributed by atoms with Crippen LogP contribution in [0.5, 0.6) is 0 Å². The molecular formula is C12H15BrN2O4. The van der Waals surface area contributed by atoms with Gasteiger partial charge in [0.2, 0.25) is 0 Å². The van der Waals surface area contributed by atoms with E-state index in [-0.39, 0.29) is 18.1 Å². The van der Waals surface area contributed by atoms with Gasteiger partial charge in [0.25, 0.3) is 5.69 Å². The van der Waals surface area contributed by atoms with Crippen LogP contribution in [0.3, 0.4) is 0 Å². The molecule has 0 aliphatic rings. The maximum atomic E-state index is 11.1. The van der Waals surface area contributed by atoms with E-state index >= 15 is 0 Å². The van der Waals surface area contributed by atoms with Crippen LogP contribution in [-0.2, 0) is 16.0 Å². The van der Waals surface area contributed by atoms with Crippen LogP contribution in [0.2, 0.25) is 0 Å². The molecule has 1 aromatic carbocycles. The summed E-state index contributed by atoms with van der Waals surface area (Å²) in [6, 6.07) is 3.27. The zero-order valence-corrected chi connectivity index (χ0v) is 12.6. The highest BCUT2D eigenvalue weighted by Gasteiger charge is 2.20. The molecule has 0 heterocycles. The number of nitro benzene ring substituents is 1. The molecule has 0 saturated heterocycles. The molecule has 0 fully saturated rings. The lowest BCUT2D eigenvalue weighted by atomic mass is 10.1. The van der Waals surface area contributed by atoms with Gasteiger partial charge >= 0.3 is 5.97 Å². The van der Waals surface area contributed by atoms with Crippen LogP contribution in [0.25, 0.3) is 0 Å². The van der Waals surface area contributed by atoms with Crippen molar-refractivity contribution in [1.29, 1.82) is 0 Å². The van der Waals surface area contributed by atoms with Crippen LogP contribution in [0.4, 0.5) is 11.4 Å². The number of methoxy groups -OCH3 is 1. The minimum atomic E-state index is -0.429. The zero-order valence-electron chi connectivity index (χ0n) is 11.0. The van der Waals surface area contributed by atoms with Crippen molar-refractivity contribution in [1.82, 2.24) is 0 Å². The van der Waals surface area contributed by atoms with Crippen LogP contribution >= 0.6 is 15.9 Å². The molecule has 6 nitrogen and oxygen atoms in total. The van der Waals surface area contributed by atoms with E-state index in [0.717, 1.165) is 5.56 Å². The highest BCUT2D eigenvalue weighted by Crippen LogP contribution is 2.36. The molecule has 19 heavy (non-hydrogen) atoms. The Morgan fingerprint density at radius 1 is 1.47 bits per heavy atom. The van der Waals surface area contributed by atoms with Gasteiger partial charge in [0.05, 0.1) is 12.0 Å². The third-order valence-corrected chi connectivity index (χ3v) is 3.20. The Hall–Kier alpha value is -1.63. The van der Waals surface area contributed by atoms with E-state index < -0.39 is 4.92 Å². The fourth-order valence-electron chi connectivity index (χ4n) is 1.71. The van der Waals surface area contributed by atoms with Crippen molar-refractivity contribution >= 4 is 33.3 Å². The molecule has 0 unspecified atom stereocenters. The van der Waals surface area contributed by atoms with E-state index in [9.17, 15) is 14.9 Å². The molecule has 0 N–H and O–H groups in total. The predicted molar refractivity (Wildman–Crippen MR) is 75.5 cm³/mol. The van der Waals surface area contributed by atoms with E-state index in [4.69, 9.17) is 0 Å². The van der Waals surface area contributed by atoms with Crippen molar-refractivity contribution in [3.63, 3.8) is 0 Å². The fourth-order valence-corrected chi connectivity index (χ4v) is 2.57. The average molecular weight is 331 g/mol. The number of hydrogen-bond donors (Lipinski definition) is 0. The van der Waals surface area contributed by atoms with E-state index in [0.29, 0.717) is 16.6 Å². The summed E-state index contributed by atoms with van der Waals surface area (Å²) in [6.45, 7) is 0. The summed E-state index contributed by atoms with van der Waals surface area (Å²) in [7, 11) is 4.79. The number of benzene rings is 1. The summed E-state index contributed by atoms with van der Waals surface area (Å²) < 4.78 is 5.18. The van der Waals surface area contributed by atoms with Crippen molar-refractivity contribution in [3.05, 3.63) is 32.3 Å². The number of halogens is 1. The molecule has 0 radical (unpaired) electrons. The highest BCUT2D eigenvalue weighted by atomic mass is 79.9. The Labute approximate surface area is 119 Å². The van der Waals surface area contributed by atoms with Gasteiger partial charge in [0.15, 0.2) is 0 Å². The molecule has 104 valence electrons. The van der Waals surface area contributed by atoms with Crippen LogP contribution in [0, 0.1) is 10.1 Å². The van der Waals surface area contributed by atoms with Gasteiger partial charge in [0.1, 0.15) is 5.69 Å². The molecule has 1 aromatic rings. The number of ether oxygens (including phenoxy) is 1. The van der Waals surface area contributed by atoms with Crippen molar-refractivity contribution in [2.75, 3.05) is 26.1 Å². The fraction of sp³-hybridized carbons (Fsp3) is 0.417. The number of nitro groups is 1. The smallest absolute Gasteiger partial charge is 0.305 e. The molecule has 0 atom stereocenters. The van der Waals surface area contributed by atoms with Gasteiger partial charge in [-0.05, 0) is 34.0 Å². The number of carbonyl (C=O) groups is 1. The first-order valence-corrected chi connectivity index (χ1v) is 6.37. The lowest BCUT2D eigenvalue weighted by Gasteiger charge is -2.15. The number of aryl methyl sites for hydroxylation is 1. The SMILES string of the molecule is COC(=O)CCc1cc(Br)c(N(C)C)c([N+](=O)[O-])c1. The quantitative estimate of drug-likeness (QED) is 0.471. The average Bonchev–Trinajstić information content (AvgIpc) is 2.34. The molecule has 0 amide bonds. The van der Waals surface area contributed by atoms with Crippen molar-refractivity contribution in [2.45, 2.75) is 12.8 Å². The molecule has 0 aromatic heterocycles. The predicted octanol–water partition coefficient (Wildman–Crippen LogP) is 2.53. The third kappa shape index (κ3) is 3.92. The van der Waals surface area contributed by atoms with Gasteiger partial charge in [0, 0.05) is 31.1 Å². The maximum absolute atomic E-state index is 11.1. The first-order chi connectivity index (χ1) is 8.86. The standard InChI is InChI=1S/C12H15BrN2O4/c1-14(2)12-9(13)6-8(4-5-11(16)19-3)7-10(12)15(17)18/h6-7H,4-5H2,1-3H3. The monoisotopic (exact) mass is 330 g/mol. The molecule has 7 heteroatoms. The Kier molecular flexibility index (Phi) is 5.29. The largest absolute Gasteiger partial charge is 0.469 e. The second-order valence-corrected chi connectivity index (χ2v) is 5.03. The van der Waals surface area contributed by atoms with E-state index in [1.54, 1.807) is 25.1 Å². The summed E-state index contributed by atoms with van der Waals surface area (Å²) in [5, 5.41) is 11.1. The number of rotatable bonds is 5. The topological polar surface area (TPSA) is 72.7 Å². The minimum Gasteiger partial charge on any atom is -0.469 e. The van der Waals surface area contributed by atoms with Crippen LogP contribution in [0.15, 0.2) is 16.6 Å². The van der Waals surface area contributed by atoms with Gasteiger partial charge < -0.3 is 9.64 Å². The Morgan fingerprint density at radius 2 is 2.11 bits per heavy atom. The van der Waals surface area contributed by atoms with Gasteiger partial charge in [-0.25, -0.2) is 0 Å². The Balaban J connectivity index is 3.10. The Bertz CT molecular complexity index is 503. The first kappa shape index (κ1) is 15.4. The number of nitrogens with zero attached hydrogens (tertiary/aromatic N) is 2. The van der Waals surface area contributed by atoms with Crippen LogP contribution in [0.1, 0.15) is 12.0 Å². The second-order valence-electron chi connectivity index (χ2n) is 4.17. The van der Waals surface area contributed by atoms with Gasteiger partial charge in [-0.15, -0.1) is 0 Å². The van der Waals surface area contributed by atoms with Crippen molar-refractivity contribution < 1.29 is 14.5 Å². The van der Waals surface area contributed by atoms with Crippen LogP contribution in [-0.4, -0.2) is 32.1 Å². The summed E-state index contributed by atoms with van der Waals surface area (Å²) in [4.78, 5) is 23.4. The number of anilines is 1. The second kappa shape index (κ2) is 6.51. The normalized spacial score (nSPS) is 10.1. The van der Waals surface area contributed by atoms with E-state index in [1.807, 2.05) is 0 Å². The molecule has 0 aliphatic heterocycles. The summed E-state index contributed by atoms with van der Waals surface area (Å²) >= 11 is 3.33. The van der Waals surface area contributed by atoms with E-state index in [2.05, 4.69) is 20.7 Å². The van der Waals surface area contributed by atoms with Crippen LogP contribution < -0.4 is 4.90 Å². The lowest BCUT2D eigenvalue weighted by molar-refractivity contribution is -0.384. The van der Waals surface area contributed by atoms with Crippen molar-refractivity contribution in [2.24, 2.45) is 0 Å². The molecule has 0 spiro atoms. The van der Waals surface area contributed by atoms with Gasteiger partial charge in [-0.1, -0.05) is 0 Å². The third-order valence-electron chi connectivity index (χ3n) is 2.59. The Morgan fingerprint density at radius 3 is 2.58 bits per heavy atom. The number of hydrogen-bond acceptors (Lipinski definition) is 5. The lowest BCUT2D eigenvalue weighted by Crippen LogP contribution is -2.12. The minimum absolute atomic E-state index is 0.0132. The van der Waals surface area contributed by atoms with Crippen molar-refractivity contribution in [3.8, 4) is 0 Å². The molecule has 0 aliphatic carbocycles. The molecule has 0 bridgehead atoms. The van der Waals surface area contributed by atoms with Gasteiger partial charge in [-0.2, -0.15) is 0 Å². The first-order valence-electron chi connectivity index (χ1n) is 5.57. The molecule has 0 saturated carbocycles.